The first-order valence-corrected chi connectivity index (χ1v) is 9.39. The molecule has 0 aliphatic carbocycles. The molecule has 4 rings (SSSR count). The lowest BCUT2D eigenvalue weighted by Gasteiger charge is -2.11. The molecule has 1 aromatic carbocycles. The number of aryl methyl sites for hydroxylation is 2. The van der Waals surface area contributed by atoms with E-state index in [-0.39, 0.29) is 0 Å². The van der Waals surface area contributed by atoms with Gasteiger partial charge in [-0.2, -0.15) is 0 Å². The van der Waals surface area contributed by atoms with Crippen molar-refractivity contribution in [3.63, 3.8) is 0 Å². The summed E-state index contributed by atoms with van der Waals surface area (Å²) >= 11 is 1.72. The van der Waals surface area contributed by atoms with Crippen LogP contribution in [0, 0.1) is 13.8 Å². The zero-order valence-electron chi connectivity index (χ0n) is 14.8. The third kappa shape index (κ3) is 3.41. The number of hydrogen-bond acceptors (Lipinski definition) is 4. The van der Waals surface area contributed by atoms with Crippen molar-refractivity contribution in [3.8, 4) is 21.7 Å². The van der Waals surface area contributed by atoms with Gasteiger partial charge in [0.05, 0.1) is 5.69 Å². The number of hydrogen-bond donors (Lipinski definition) is 0. The summed E-state index contributed by atoms with van der Waals surface area (Å²) in [4.78, 5) is 14.6. The molecular weight excluding hydrogens is 338 g/mol. The normalized spacial score (nSPS) is 10.8. The van der Waals surface area contributed by atoms with Crippen LogP contribution in [0.15, 0.2) is 67.3 Å². The van der Waals surface area contributed by atoms with Crippen LogP contribution in [0.4, 0.5) is 0 Å². The summed E-state index contributed by atoms with van der Waals surface area (Å²) in [6.45, 7) is 4.19. The van der Waals surface area contributed by atoms with Crippen molar-refractivity contribution in [2.75, 3.05) is 0 Å². The summed E-state index contributed by atoms with van der Waals surface area (Å²) in [7, 11) is 0. The van der Waals surface area contributed by atoms with Gasteiger partial charge in [0, 0.05) is 52.8 Å². The third-order valence-electron chi connectivity index (χ3n) is 4.41. The molecular formula is C22H19N3S. The highest BCUT2D eigenvalue weighted by Gasteiger charge is 2.10. The fourth-order valence-electron chi connectivity index (χ4n) is 3.02. The highest BCUT2D eigenvalue weighted by Crippen LogP contribution is 2.28. The minimum atomic E-state index is 0.793. The van der Waals surface area contributed by atoms with Crippen LogP contribution in [0.3, 0.4) is 0 Å². The second-order valence-corrected chi connectivity index (χ2v) is 7.57. The highest BCUT2D eigenvalue weighted by atomic mass is 32.1. The van der Waals surface area contributed by atoms with Crippen LogP contribution in [0.2, 0.25) is 0 Å². The molecule has 0 radical (unpaired) electrons. The second kappa shape index (κ2) is 7.18. The van der Waals surface area contributed by atoms with Gasteiger partial charge in [0.1, 0.15) is 5.01 Å². The van der Waals surface area contributed by atoms with Gasteiger partial charge in [-0.25, -0.2) is 4.98 Å². The van der Waals surface area contributed by atoms with E-state index in [1.54, 1.807) is 11.3 Å². The number of nitrogens with zero attached hydrogens (tertiary/aromatic N) is 3. The lowest BCUT2D eigenvalue weighted by Crippen LogP contribution is -1.97. The van der Waals surface area contributed by atoms with Gasteiger partial charge in [0.15, 0.2) is 0 Å². The number of aromatic nitrogens is 3. The quantitative estimate of drug-likeness (QED) is 0.486. The number of rotatable bonds is 4. The van der Waals surface area contributed by atoms with Gasteiger partial charge in [0.25, 0.3) is 0 Å². The molecule has 0 saturated heterocycles. The standard InChI is InChI=1S/C22H19N3S/c1-15-9-11-23-14-20(15)19-4-3-10-24-21(19)12-17-5-7-18(8-6-17)22-25-13-16(2)26-22/h3-11,13-14H,12H2,1-2H3. The molecule has 0 aliphatic rings. The summed E-state index contributed by atoms with van der Waals surface area (Å²) in [5.74, 6) is 0. The molecule has 0 amide bonds. The zero-order valence-corrected chi connectivity index (χ0v) is 15.6. The molecule has 3 aromatic heterocycles. The van der Waals surface area contributed by atoms with Gasteiger partial charge >= 0.3 is 0 Å². The van der Waals surface area contributed by atoms with E-state index in [4.69, 9.17) is 0 Å². The Hall–Kier alpha value is -2.85. The smallest absolute Gasteiger partial charge is 0.123 e. The van der Waals surface area contributed by atoms with E-state index < -0.39 is 0 Å². The Bertz CT molecular complexity index is 1040. The first-order valence-electron chi connectivity index (χ1n) is 8.57. The maximum atomic E-state index is 4.64. The molecule has 0 fully saturated rings. The molecule has 0 unspecified atom stereocenters. The maximum absolute atomic E-state index is 4.64. The molecule has 0 bridgehead atoms. The first kappa shape index (κ1) is 16.6. The fraction of sp³-hybridized carbons (Fsp3) is 0.136. The van der Waals surface area contributed by atoms with E-state index in [1.165, 1.54) is 16.0 Å². The molecule has 3 nitrogen and oxygen atoms in total. The largest absolute Gasteiger partial charge is 0.264 e. The van der Waals surface area contributed by atoms with Crippen molar-refractivity contribution in [2.45, 2.75) is 20.3 Å². The molecule has 0 aliphatic heterocycles. The van der Waals surface area contributed by atoms with Crippen LogP contribution < -0.4 is 0 Å². The molecule has 0 spiro atoms. The Balaban J connectivity index is 1.63. The van der Waals surface area contributed by atoms with Crippen LogP contribution in [0.25, 0.3) is 21.7 Å². The summed E-state index contributed by atoms with van der Waals surface area (Å²) in [5.41, 5.74) is 6.98. The minimum absolute atomic E-state index is 0.793. The average Bonchev–Trinajstić information content (AvgIpc) is 3.10. The fourth-order valence-corrected chi connectivity index (χ4v) is 3.79. The monoisotopic (exact) mass is 357 g/mol. The number of pyridine rings is 2. The van der Waals surface area contributed by atoms with Gasteiger partial charge < -0.3 is 0 Å². The Morgan fingerprint density at radius 1 is 0.846 bits per heavy atom. The van der Waals surface area contributed by atoms with Gasteiger partial charge in [-0.3, -0.25) is 9.97 Å². The first-order chi connectivity index (χ1) is 12.7. The summed E-state index contributed by atoms with van der Waals surface area (Å²) in [6, 6.07) is 14.8. The van der Waals surface area contributed by atoms with E-state index >= 15 is 0 Å². The zero-order chi connectivity index (χ0) is 17.9. The van der Waals surface area contributed by atoms with Crippen LogP contribution in [-0.2, 0) is 6.42 Å². The Labute approximate surface area is 157 Å². The molecule has 4 aromatic rings. The van der Waals surface area contributed by atoms with Crippen molar-refractivity contribution in [1.29, 1.82) is 0 Å². The molecule has 128 valence electrons. The Morgan fingerprint density at radius 2 is 1.69 bits per heavy atom. The molecule has 4 heteroatoms. The van der Waals surface area contributed by atoms with Gasteiger partial charge in [-0.05, 0) is 37.1 Å². The summed E-state index contributed by atoms with van der Waals surface area (Å²) < 4.78 is 0. The van der Waals surface area contributed by atoms with Gasteiger partial charge in [-0.1, -0.05) is 30.3 Å². The van der Waals surface area contributed by atoms with E-state index in [2.05, 4.69) is 59.1 Å². The minimum Gasteiger partial charge on any atom is -0.264 e. The SMILES string of the molecule is Cc1cnc(-c2ccc(Cc3ncccc3-c3cnccc3C)cc2)s1. The maximum Gasteiger partial charge on any atom is 0.123 e. The highest BCUT2D eigenvalue weighted by molar-refractivity contribution is 7.14. The van der Waals surface area contributed by atoms with E-state index in [9.17, 15) is 0 Å². The van der Waals surface area contributed by atoms with Crippen LogP contribution in [-0.4, -0.2) is 15.0 Å². The van der Waals surface area contributed by atoms with E-state index in [0.29, 0.717) is 0 Å². The van der Waals surface area contributed by atoms with Crippen molar-refractivity contribution in [1.82, 2.24) is 15.0 Å². The summed E-state index contributed by atoms with van der Waals surface area (Å²) in [6.07, 6.45) is 8.32. The predicted molar refractivity (Wildman–Crippen MR) is 107 cm³/mol. The molecule has 3 heterocycles. The van der Waals surface area contributed by atoms with Crippen molar-refractivity contribution in [3.05, 3.63) is 88.9 Å². The van der Waals surface area contributed by atoms with Crippen LogP contribution in [0.5, 0.6) is 0 Å². The molecule has 26 heavy (non-hydrogen) atoms. The summed E-state index contributed by atoms with van der Waals surface area (Å²) in [5, 5.41) is 1.07. The predicted octanol–water partition coefficient (Wildman–Crippen LogP) is 5.47. The second-order valence-electron chi connectivity index (χ2n) is 6.34. The van der Waals surface area contributed by atoms with Crippen LogP contribution >= 0.6 is 11.3 Å². The van der Waals surface area contributed by atoms with E-state index in [0.717, 1.165) is 33.8 Å². The van der Waals surface area contributed by atoms with E-state index in [1.807, 2.05) is 36.9 Å². The van der Waals surface area contributed by atoms with Crippen molar-refractivity contribution < 1.29 is 0 Å². The lowest BCUT2D eigenvalue weighted by atomic mass is 9.97. The Morgan fingerprint density at radius 3 is 2.42 bits per heavy atom. The average molecular weight is 357 g/mol. The van der Waals surface area contributed by atoms with Gasteiger partial charge in [-0.15, -0.1) is 11.3 Å². The lowest BCUT2D eigenvalue weighted by molar-refractivity contribution is 1.07. The number of thiazole rings is 1. The molecule has 0 atom stereocenters. The van der Waals surface area contributed by atoms with Gasteiger partial charge in [0.2, 0.25) is 0 Å². The van der Waals surface area contributed by atoms with Crippen LogP contribution in [0.1, 0.15) is 21.7 Å². The van der Waals surface area contributed by atoms with Crippen molar-refractivity contribution in [2.24, 2.45) is 0 Å². The molecule has 0 N–H and O–H groups in total. The topological polar surface area (TPSA) is 38.7 Å². The molecule has 0 saturated carbocycles. The Kier molecular flexibility index (Phi) is 4.59. The number of benzene rings is 1. The third-order valence-corrected chi connectivity index (χ3v) is 5.38. The van der Waals surface area contributed by atoms with Crippen molar-refractivity contribution >= 4 is 11.3 Å².